The van der Waals surface area contributed by atoms with E-state index in [0.29, 0.717) is 0 Å². The third-order valence-electron chi connectivity index (χ3n) is 4.12. The first kappa shape index (κ1) is 21.1. The van der Waals surface area contributed by atoms with Crippen molar-refractivity contribution in [2.75, 3.05) is 0 Å². The number of hydrogen-bond acceptors (Lipinski definition) is 6. The van der Waals surface area contributed by atoms with Gasteiger partial charge in [-0.2, -0.15) is 0 Å². The average molecular weight is 389 g/mol. The van der Waals surface area contributed by atoms with Crippen LogP contribution in [-0.4, -0.2) is 52.8 Å². The molecule has 2 rings (SSSR count). The third-order valence-corrected chi connectivity index (χ3v) is 4.12. The van der Waals surface area contributed by atoms with Gasteiger partial charge in [0.2, 0.25) is 0 Å². The summed E-state index contributed by atoms with van der Waals surface area (Å²) < 4.78 is 5.03. The molecule has 1 aliphatic rings. The van der Waals surface area contributed by atoms with Gasteiger partial charge in [0.15, 0.2) is 6.10 Å². The van der Waals surface area contributed by atoms with Gasteiger partial charge in [-0.25, -0.2) is 9.59 Å². The molecule has 1 aliphatic heterocycles. The number of ether oxygens (including phenoxy) is 1. The molecule has 9 heteroatoms. The maximum absolute atomic E-state index is 12.5. The molecule has 0 spiro atoms. The molecule has 0 aliphatic carbocycles. The van der Waals surface area contributed by atoms with Crippen molar-refractivity contribution in [3.63, 3.8) is 0 Å². The molecular formula is C19H23N3O6. The van der Waals surface area contributed by atoms with Gasteiger partial charge in [0.05, 0.1) is 11.1 Å². The van der Waals surface area contributed by atoms with E-state index >= 15 is 0 Å². The Morgan fingerprint density at radius 1 is 1.00 bits per heavy atom. The molecule has 150 valence electrons. The average Bonchev–Trinajstić information content (AvgIpc) is 2.83. The molecule has 1 aromatic carbocycles. The van der Waals surface area contributed by atoms with Crippen LogP contribution in [-0.2, 0) is 14.3 Å². The zero-order chi connectivity index (χ0) is 21.2. The monoisotopic (exact) mass is 389 g/mol. The Hall–Kier alpha value is -3.23. The Morgan fingerprint density at radius 3 is 2.21 bits per heavy atom. The highest BCUT2D eigenvalue weighted by atomic mass is 16.5. The second-order valence-electron chi connectivity index (χ2n) is 6.90. The van der Waals surface area contributed by atoms with Crippen molar-refractivity contribution in [3.8, 4) is 0 Å². The van der Waals surface area contributed by atoms with E-state index in [9.17, 15) is 24.0 Å². The number of imide groups is 2. The van der Waals surface area contributed by atoms with Crippen LogP contribution in [0.4, 0.5) is 4.79 Å². The lowest BCUT2D eigenvalue weighted by atomic mass is 10.1. The van der Waals surface area contributed by atoms with Crippen molar-refractivity contribution in [1.29, 1.82) is 0 Å². The van der Waals surface area contributed by atoms with Crippen LogP contribution in [0.15, 0.2) is 18.2 Å². The molecule has 5 amide bonds. The summed E-state index contributed by atoms with van der Waals surface area (Å²) >= 11 is 0. The van der Waals surface area contributed by atoms with Crippen molar-refractivity contribution < 1.29 is 28.7 Å². The van der Waals surface area contributed by atoms with Gasteiger partial charge in [0.25, 0.3) is 17.7 Å². The second kappa shape index (κ2) is 8.20. The molecule has 0 saturated carbocycles. The van der Waals surface area contributed by atoms with Crippen LogP contribution in [0.1, 0.15) is 54.0 Å². The van der Waals surface area contributed by atoms with Gasteiger partial charge in [-0.05, 0) is 46.8 Å². The number of nitrogens with one attached hydrogen (secondary N) is 2. The first-order valence-electron chi connectivity index (χ1n) is 8.83. The number of carbonyl (C=O) groups excluding carboxylic acids is 5. The Kier molecular flexibility index (Phi) is 6.17. The molecule has 28 heavy (non-hydrogen) atoms. The molecule has 0 bridgehead atoms. The first-order chi connectivity index (χ1) is 13.0. The lowest BCUT2D eigenvalue weighted by molar-refractivity contribution is -0.157. The van der Waals surface area contributed by atoms with Gasteiger partial charge in [-0.3, -0.25) is 24.6 Å². The minimum atomic E-state index is -1.29. The van der Waals surface area contributed by atoms with Crippen LogP contribution in [0.3, 0.4) is 0 Å². The zero-order valence-electron chi connectivity index (χ0n) is 16.4. The van der Waals surface area contributed by atoms with Gasteiger partial charge in [-0.1, -0.05) is 11.6 Å². The predicted molar refractivity (Wildman–Crippen MR) is 98.5 cm³/mol. The van der Waals surface area contributed by atoms with E-state index in [1.54, 1.807) is 32.9 Å². The first-order valence-corrected chi connectivity index (χ1v) is 8.83. The molecule has 1 heterocycles. The predicted octanol–water partition coefficient (Wildman–Crippen LogP) is 1.15. The summed E-state index contributed by atoms with van der Waals surface area (Å²) in [7, 11) is 0. The largest absolute Gasteiger partial charge is 0.451 e. The molecule has 0 fully saturated rings. The van der Waals surface area contributed by atoms with Gasteiger partial charge in [-0.15, -0.1) is 0 Å². The summed E-state index contributed by atoms with van der Waals surface area (Å²) in [5.74, 6) is -2.95. The van der Waals surface area contributed by atoms with Gasteiger partial charge >= 0.3 is 12.0 Å². The SMILES string of the molecule is Cc1ccc2c(c1)C(=O)N(C(C)C(=O)OC(C)C(=O)NC(=O)NC(C)C)C2=O. The number of hydrogen-bond donors (Lipinski definition) is 2. The fourth-order valence-corrected chi connectivity index (χ4v) is 2.67. The number of aryl methyl sites for hydroxylation is 1. The number of amides is 5. The molecule has 1 aromatic rings. The number of nitrogens with zero attached hydrogens (tertiary/aromatic N) is 1. The van der Waals surface area contributed by atoms with Gasteiger partial charge in [0, 0.05) is 6.04 Å². The van der Waals surface area contributed by atoms with Crippen molar-refractivity contribution in [3.05, 3.63) is 34.9 Å². The van der Waals surface area contributed by atoms with Crippen LogP contribution < -0.4 is 10.6 Å². The van der Waals surface area contributed by atoms with E-state index in [2.05, 4.69) is 5.32 Å². The van der Waals surface area contributed by atoms with Gasteiger partial charge < -0.3 is 10.1 Å². The number of fused-ring (bicyclic) bond motifs is 1. The van der Waals surface area contributed by atoms with Crippen molar-refractivity contribution in [2.45, 2.75) is 52.8 Å². The summed E-state index contributed by atoms with van der Waals surface area (Å²) in [6.07, 6.45) is -1.29. The Labute approximate surface area is 162 Å². The van der Waals surface area contributed by atoms with Crippen LogP contribution in [0.2, 0.25) is 0 Å². The lowest BCUT2D eigenvalue weighted by Crippen LogP contribution is -2.49. The minimum Gasteiger partial charge on any atom is -0.451 e. The molecular weight excluding hydrogens is 366 g/mol. The van der Waals surface area contributed by atoms with Crippen molar-refractivity contribution in [1.82, 2.24) is 15.5 Å². The van der Waals surface area contributed by atoms with E-state index in [-0.39, 0.29) is 17.2 Å². The zero-order valence-corrected chi connectivity index (χ0v) is 16.4. The van der Waals surface area contributed by atoms with Crippen LogP contribution in [0, 0.1) is 6.92 Å². The molecule has 0 aromatic heterocycles. The molecule has 2 atom stereocenters. The van der Waals surface area contributed by atoms with Crippen LogP contribution in [0.5, 0.6) is 0 Å². The number of rotatable bonds is 5. The van der Waals surface area contributed by atoms with E-state index in [0.717, 1.165) is 10.5 Å². The number of esters is 1. The minimum absolute atomic E-state index is 0.178. The third kappa shape index (κ3) is 4.36. The molecule has 0 radical (unpaired) electrons. The number of urea groups is 1. The Morgan fingerprint density at radius 2 is 1.61 bits per heavy atom. The summed E-state index contributed by atoms with van der Waals surface area (Å²) in [6, 6.07) is 2.69. The lowest BCUT2D eigenvalue weighted by Gasteiger charge is -2.22. The fraction of sp³-hybridized carbons (Fsp3) is 0.421. The van der Waals surface area contributed by atoms with Gasteiger partial charge in [0.1, 0.15) is 6.04 Å². The molecule has 2 unspecified atom stereocenters. The maximum Gasteiger partial charge on any atom is 0.329 e. The summed E-state index contributed by atoms with van der Waals surface area (Å²) in [4.78, 5) is 61.7. The van der Waals surface area contributed by atoms with Crippen LogP contribution in [0.25, 0.3) is 0 Å². The molecule has 9 nitrogen and oxygen atoms in total. The second-order valence-corrected chi connectivity index (χ2v) is 6.90. The normalized spacial score (nSPS) is 15.1. The highest BCUT2D eigenvalue weighted by Gasteiger charge is 2.42. The number of carbonyl (C=O) groups is 5. The van der Waals surface area contributed by atoms with E-state index in [4.69, 9.17) is 4.74 Å². The highest BCUT2D eigenvalue weighted by molar-refractivity contribution is 6.22. The van der Waals surface area contributed by atoms with E-state index in [1.165, 1.54) is 19.9 Å². The smallest absolute Gasteiger partial charge is 0.329 e. The maximum atomic E-state index is 12.5. The van der Waals surface area contributed by atoms with E-state index in [1.807, 2.05) is 5.32 Å². The number of benzene rings is 1. The summed E-state index contributed by atoms with van der Waals surface area (Å²) in [5, 5.41) is 4.52. The van der Waals surface area contributed by atoms with Crippen molar-refractivity contribution in [2.24, 2.45) is 0 Å². The fourth-order valence-electron chi connectivity index (χ4n) is 2.67. The summed E-state index contributed by atoms with van der Waals surface area (Å²) in [6.45, 7) is 7.85. The quantitative estimate of drug-likeness (QED) is 0.575. The standard InChI is InChI=1S/C19H23N3O6/c1-9(2)20-19(27)21-15(23)12(5)28-18(26)11(4)22-16(24)13-7-6-10(3)8-14(13)17(22)25/h6-9,11-12H,1-5H3,(H2,20,21,23,27). The summed E-state index contributed by atoms with van der Waals surface area (Å²) in [5.41, 5.74) is 1.24. The Balaban J connectivity index is 2.03. The van der Waals surface area contributed by atoms with Crippen LogP contribution >= 0.6 is 0 Å². The van der Waals surface area contributed by atoms with Crippen molar-refractivity contribution >= 4 is 29.7 Å². The molecule has 2 N–H and O–H groups in total. The highest BCUT2D eigenvalue weighted by Crippen LogP contribution is 2.26. The van der Waals surface area contributed by atoms with E-state index < -0.39 is 41.9 Å². The topological polar surface area (TPSA) is 122 Å². The molecule has 0 saturated heterocycles. The Bertz CT molecular complexity index is 848.